The van der Waals surface area contributed by atoms with E-state index in [4.69, 9.17) is 18.9 Å². The van der Waals surface area contributed by atoms with Crippen molar-refractivity contribution in [1.29, 1.82) is 0 Å². The van der Waals surface area contributed by atoms with Crippen molar-refractivity contribution >= 4 is 22.0 Å². The molecule has 0 spiro atoms. The number of hydrogen-bond donors (Lipinski definition) is 0. The molecule has 0 aromatic carbocycles. The second-order valence-corrected chi connectivity index (χ2v) is 7.26. The molecule has 1 fully saturated rings. The Bertz CT molecular complexity index is 334. The Morgan fingerprint density at radius 2 is 1.95 bits per heavy atom. The summed E-state index contributed by atoms with van der Waals surface area (Å²) in [6, 6.07) is 0. The van der Waals surface area contributed by atoms with Crippen LogP contribution in [0.5, 0.6) is 0 Å². The summed E-state index contributed by atoms with van der Waals surface area (Å²) in [4.78, 5) is 13.8. The summed E-state index contributed by atoms with van der Waals surface area (Å²) in [5, 5.41) is 0. The molecule has 1 aliphatic heterocycles. The standard InChI is InChI=1S/C14H26BrNO5/c1-14(2,3)21-13(17)16-6-11(15)12(7-16)20-9-10(19-5)8-18-4/h10-12H,6-9H2,1-5H3. The molecule has 0 aromatic rings. The Morgan fingerprint density at radius 3 is 2.48 bits per heavy atom. The van der Waals surface area contributed by atoms with Crippen molar-refractivity contribution in [2.45, 2.75) is 43.4 Å². The van der Waals surface area contributed by atoms with Gasteiger partial charge in [0, 0.05) is 20.8 Å². The number of alkyl halides is 1. The third-order valence-electron chi connectivity index (χ3n) is 3.03. The number of methoxy groups -OCH3 is 2. The molecule has 1 amide bonds. The number of carbonyl (C=O) groups is 1. The number of amides is 1. The molecule has 3 atom stereocenters. The van der Waals surface area contributed by atoms with E-state index in [0.29, 0.717) is 26.3 Å². The fraction of sp³-hybridized carbons (Fsp3) is 0.929. The van der Waals surface area contributed by atoms with Gasteiger partial charge in [0.25, 0.3) is 0 Å². The normalized spacial score (nSPS) is 24.2. The molecule has 0 aromatic heterocycles. The molecule has 21 heavy (non-hydrogen) atoms. The molecule has 124 valence electrons. The Morgan fingerprint density at radius 1 is 1.29 bits per heavy atom. The van der Waals surface area contributed by atoms with Crippen LogP contribution in [0.3, 0.4) is 0 Å². The number of hydrogen-bond acceptors (Lipinski definition) is 5. The highest BCUT2D eigenvalue weighted by Crippen LogP contribution is 2.23. The van der Waals surface area contributed by atoms with E-state index in [1.54, 1.807) is 19.1 Å². The molecule has 0 N–H and O–H groups in total. The molecule has 1 rings (SSSR count). The molecule has 1 saturated heterocycles. The van der Waals surface area contributed by atoms with Gasteiger partial charge in [-0.1, -0.05) is 15.9 Å². The first-order chi connectivity index (χ1) is 9.76. The van der Waals surface area contributed by atoms with Crippen LogP contribution in [-0.4, -0.2) is 74.2 Å². The lowest BCUT2D eigenvalue weighted by molar-refractivity contribution is -0.0507. The van der Waals surface area contributed by atoms with Crippen LogP contribution in [-0.2, 0) is 18.9 Å². The van der Waals surface area contributed by atoms with Crippen molar-refractivity contribution in [1.82, 2.24) is 4.90 Å². The van der Waals surface area contributed by atoms with Crippen LogP contribution in [0.1, 0.15) is 20.8 Å². The number of nitrogens with zero attached hydrogens (tertiary/aromatic N) is 1. The second-order valence-electron chi connectivity index (χ2n) is 6.09. The van der Waals surface area contributed by atoms with Crippen LogP contribution in [0.4, 0.5) is 4.79 Å². The number of carbonyl (C=O) groups excluding carboxylic acids is 1. The van der Waals surface area contributed by atoms with Crippen molar-refractivity contribution in [2.75, 3.05) is 40.5 Å². The van der Waals surface area contributed by atoms with Gasteiger partial charge in [-0.05, 0) is 20.8 Å². The van der Waals surface area contributed by atoms with E-state index in [9.17, 15) is 4.79 Å². The van der Waals surface area contributed by atoms with Crippen molar-refractivity contribution in [3.63, 3.8) is 0 Å². The lowest BCUT2D eigenvalue weighted by Crippen LogP contribution is -2.36. The van der Waals surface area contributed by atoms with Gasteiger partial charge in [0.05, 0.1) is 30.7 Å². The van der Waals surface area contributed by atoms with E-state index in [1.807, 2.05) is 20.8 Å². The molecule has 7 heteroatoms. The van der Waals surface area contributed by atoms with E-state index in [0.717, 1.165) is 0 Å². The van der Waals surface area contributed by atoms with Gasteiger partial charge < -0.3 is 23.8 Å². The summed E-state index contributed by atoms with van der Waals surface area (Å²) >= 11 is 3.56. The zero-order valence-corrected chi connectivity index (χ0v) is 15.0. The quantitative estimate of drug-likeness (QED) is 0.672. The molecule has 3 unspecified atom stereocenters. The largest absolute Gasteiger partial charge is 0.444 e. The number of rotatable bonds is 6. The fourth-order valence-corrected chi connectivity index (χ4v) is 2.64. The van der Waals surface area contributed by atoms with Gasteiger partial charge in [-0.2, -0.15) is 0 Å². The first-order valence-corrected chi connectivity index (χ1v) is 7.93. The predicted molar refractivity (Wildman–Crippen MR) is 82.9 cm³/mol. The number of halogens is 1. The first-order valence-electron chi connectivity index (χ1n) is 7.02. The topological polar surface area (TPSA) is 57.2 Å². The van der Waals surface area contributed by atoms with E-state index in [1.165, 1.54) is 0 Å². The van der Waals surface area contributed by atoms with Crippen LogP contribution in [0.25, 0.3) is 0 Å². The number of likely N-dealkylation sites (tertiary alicyclic amines) is 1. The fourth-order valence-electron chi connectivity index (χ4n) is 1.97. The molecule has 1 aliphatic rings. The Balaban J connectivity index is 2.43. The second kappa shape index (κ2) is 8.31. The Kier molecular flexibility index (Phi) is 7.39. The highest BCUT2D eigenvalue weighted by atomic mass is 79.9. The average molecular weight is 368 g/mol. The van der Waals surface area contributed by atoms with Crippen LogP contribution in [0, 0.1) is 0 Å². The summed E-state index contributed by atoms with van der Waals surface area (Å²) < 4.78 is 21.5. The molecule has 0 radical (unpaired) electrons. The van der Waals surface area contributed by atoms with Gasteiger partial charge in [-0.25, -0.2) is 4.79 Å². The SMILES string of the molecule is COCC(COC1CN(C(=O)OC(C)(C)C)CC1Br)OC. The van der Waals surface area contributed by atoms with Gasteiger partial charge in [0.15, 0.2) is 0 Å². The van der Waals surface area contributed by atoms with Gasteiger partial charge >= 0.3 is 6.09 Å². The third kappa shape index (κ3) is 6.50. The van der Waals surface area contributed by atoms with E-state index in [2.05, 4.69) is 15.9 Å². The number of ether oxygens (including phenoxy) is 4. The monoisotopic (exact) mass is 367 g/mol. The highest BCUT2D eigenvalue weighted by Gasteiger charge is 2.36. The molecule has 0 aliphatic carbocycles. The zero-order valence-electron chi connectivity index (χ0n) is 13.4. The molecule has 1 heterocycles. The molecular formula is C14H26BrNO5. The average Bonchev–Trinajstić information content (AvgIpc) is 2.74. The van der Waals surface area contributed by atoms with Crippen molar-refractivity contribution in [2.24, 2.45) is 0 Å². The molecule has 0 bridgehead atoms. The summed E-state index contributed by atoms with van der Waals surface area (Å²) in [6.07, 6.45) is -0.490. The van der Waals surface area contributed by atoms with Gasteiger partial charge in [0.2, 0.25) is 0 Å². The maximum atomic E-state index is 12.0. The van der Waals surface area contributed by atoms with E-state index in [-0.39, 0.29) is 23.1 Å². The summed E-state index contributed by atoms with van der Waals surface area (Å²) in [7, 11) is 3.25. The van der Waals surface area contributed by atoms with Gasteiger partial charge in [0.1, 0.15) is 11.7 Å². The minimum Gasteiger partial charge on any atom is -0.444 e. The zero-order chi connectivity index (χ0) is 16.0. The van der Waals surface area contributed by atoms with Crippen LogP contribution < -0.4 is 0 Å². The van der Waals surface area contributed by atoms with Crippen LogP contribution in [0.2, 0.25) is 0 Å². The minimum absolute atomic E-state index is 0.0768. The minimum atomic E-state index is -0.489. The van der Waals surface area contributed by atoms with Gasteiger partial charge in [-0.3, -0.25) is 0 Å². The third-order valence-corrected chi connectivity index (χ3v) is 3.91. The Hall–Kier alpha value is -0.370. The Labute approximate surface area is 135 Å². The molecule has 6 nitrogen and oxygen atoms in total. The molecular weight excluding hydrogens is 342 g/mol. The summed E-state index contributed by atoms with van der Waals surface area (Å²) in [5.74, 6) is 0. The highest BCUT2D eigenvalue weighted by molar-refractivity contribution is 9.09. The van der Waals surface area contributed by atoms with Crippen molar-refractivity contribution < 1.29 is 23.7 Å². The lowest BCUT2D eigenvalue weighted by Gasteiger charge is -2.24. The van der Waals surface area contributed by atoms with Gasteiger partial charge in [-0.15, -0.1) is 0 Å². The lowest BCUT2D eigenvalue weighted by atomic mass is 10.2. The van der Waals surface area contributed by atoms with Crippen LogP contribution in [0.15, 0.2) is 0 Å². The summed E-state index contributed by atoms with van der Waals surface area (Å²) in [5.41, 5.74) is -0.489. The van der Waals surface area contributed by atoms with Crippen molar-refractivity contribution in [3.05, 3.63) is 0 Å². The predicted octanol–water partition coefficient (Wildman–Crippen LogP) is 2.05. The molecule has 0 saturated carbocycles. The van der Waals surface area contributed by atoms with Crippen molar-refractivity contribution in [3.8, 4) is 0 Å². The van der Waals surface area contributed by atoms with E-state index >= 15 is 0 Å². The maximum Gasteiger partial charge on any atom is 0.410 e. The summed E-state index contributed by atoms with van der Waals surface area (Å²) in [6.45, 7) is 7.55. The maximum absolute atomic E-state index is 12.0. The first kappa shape index (κ1) is 18.7. The smallest absolute Gasteiger partial charge is 0.410 e. The van der Waals surface area contributed by atoms with Crippen LogP contribution >= 0.6 is 15.9 Å². The van der Waals surface area contributed by atoms with E-state index < -0.39 is 5.60 Å².